The second-order valence-electron chi connectivity index (χ2n) is 11.1. The Kier molecular flexibility index (Phi) is 8.49. The Morgan fingerprint density at radius 2 is 1.74 bits per heavy atom. The highest BCUT2D eigenvalue weighted by atomic mass is 35.5. The molecular formula is C29H35ClN8O3S. The van der Waals surface area contributed by atoms with Crippen LogP contribution in [-0.2, 0) is 10.0 Å². The number of aromatic nitrogens is 5. The maximum absolute atomic E-state index is 13.8. The fraction of sp³-hybridized carbons (Fsp3) is 0.414. The number of hydrogen-bond acceptors (Lipinski definition) is 9. The summed E-state index contributed by atoms with van der Waals surface area (Å²) in [6.45, 7) is 5.53. The van der Waals surface area contributed by atoms with Gasteiger partial charge in [-0.3, -0.25) is 14.1 Å². The van der Waals surface area contributed by atoms with E-state index in [4.69, 9.17) is 16.6 Å². The molecule has 0 spiro atoms. The Bertz CT molecular complexity index is 1780. The molecule has 1 aliphatic carbocycles. The Morgan fingerprint density at radius 1 is 1.02 bits per heavy atom. The lowest BCUT2D eigenvalue weighted by atomic mass is 9.91. The molecule has 11 nitrogen and oxygen atoms in total. The number of hydrogen-bond donors (Lipinski definition) is 2. The van der Waals surface area contributed by atoms with Crippen LogP contribution in [0.2, 0.25) is 5.02 Å². The Labute approximate surface area is 250 Å². The van der Waals surface area contributed by atoms with Crippen LogP contribution in [0.25, 0.3) is 22.4 Å². The van der Waals surface area contributed by atoms with Crippen LogP contribution in [0.3, 0.4) is 0 Å². The third-order valence-corrected chi connectivity index (χ3v) is 9.47. The van der Waals surface area contributed by atoms with E-state index in [0.717, 1.165) is 25.7 Å². The average molecular weight is 611 g/mol. The molecule has 4 aromatic rings. The minimum atomic E-state index is -3.97. The summed E-state index contributed by atoms with van der Waals surface area (Å²) in [6, 6.07) is 9.95. The Balaban J connectivity index is 1.45. The second kappa shape index (κ2) is 11.9. The lowest BCUT2D eigenvalue weighted by Crippen LogP contribution is -2.36. The number of pyridine rings is 1. The molecule has 0 saturated heterocycles. The highest BCUT2D eigenvalue weighted by molar-refractivity contribution is 7.92. The first-order chi connectivity index (χ1) is 19.9. The number of aryl methyl sites for hydroxylation is 1. The zero-order valence-corrected chi connectivity index (χ0v) is 25.9. The van der Waals surface area contributed by atoms with E-state index in [-0.39, 0.29) is 39.1 Å². The number of anilines is 2. The van der Waals surface area contributed by atoms with Gasteiger partial charge in [-0.1, -0.05) is 23.7 Å². The summed E-state index contributed by atoms with van der Waals surface area (Å²) in [6.07, 6.45) is 5.89. The van der Waals surface area contributed by atoms with E-state index < -0.39 is 10.0 Å². The molecule has 0 amide bonds. The molecular weight excluding hydrogens is 576 g/mol. The average Bonchev–Trinajstić information content (AvgIpc) is 2.93. The summed E-state index contributed by atoms with van der Waals surface area (Å²) in [5.41, 5.74) is 1.71. The topological polar surface area (TPSA) is 135 Å². The van der Waals surface area contributed by atoms with Gasteiger partial charge in [0.2, 0.25) is 5.95 Å². The van der Waals surface area contributed by atoms with E-state index in [1.807, 2.05) is 13.8 Å². The molecule has 1 aromatic carbocycles. The standard InChI is InChI=1S/C29H35ClN8O3S/c1-17(2)38-27-23(16-31-29(35-27)33-19-10-12-20(13-11-19)37(4)5)34-26(28(38)39)21-14-15-25(32-18(21)3)36-42(40,41)24-9-7-6-8-22(24)30/h6-9,14-17,19-20H,10-13H2,1-5H3,(H,32,36)(H,31,33,35)/t19-,20-. The summed E-state index contributed by atoms with van der Waals surface area (Å²) < 4.78 is 29.8. The van der Waals surface area contributed by atoms with Crippen LogP contribution in [0.15, 0.2) is 52.3 Å². The maximum Gasteiger partial charge on any atom is 0.279 e. The first kappa shape index (κ1) is 29.9. The molecule has 3 aromatic heterocycles. The molecule has 0 aliphatic heterocycles. The molecule has 1 aliphatic rings. The first-order valence-electron chi connectivity index (χ1n) is 13.9. The molecule has 0 radical (unpaired) electrons. The van der Waals surface area contributed by atoms with Crippen molar-refractivity contribution in [3.63, 3.8) is 0 Å². The first-order valence-corrected chi connectivity index (χ1v) is 15.8. The Hall–Kier alpha value is -3.61. The quantitative estimate of drug-likeness (QED) is 0.286. The Morgan fingerprint density at radius 3 is 2.38 bits per heavy atom. The molecule has 0 unspecified atom stereocenters. The molecule has 5 rings (SSSR count). The van der Waals surface area contributed by atoms with E-state index in [1.165, 1.54) is 18.2 Å². The van der Waals surface area contributed by atoms with Crippen molar-refractivity contribution >= 4 is 44.6 Å². The lowest BCUT2D eigenvalue weighted by Gasteiger charge is -2.32. The normalized spacial score (nSPS) is 17.6. The SMILES string of the molecule is Cc1nc(NS(=O)(=O)c2ccccc2Cl)ccc1-c1nc2cnc(N[C@H]3CC[C@H](N(C)C)CC3)nc2n(C(C)C)c1=O. The van der Waals surface area contributed by atoms with Crippen molar-refractivity contribution < 1.29 is 8.42 Å². The van der Waals surface area contributed by atoms with Gasteiger partial charge >= 0.3 is 0 Å². The van der Waals surface area contributed by atoms with Crippen LogP contribution >= 0.6 is 11.6 Å². The number of halogens is 1. The minimum Gasteiger partial charge on any atom is -0.351 e. The van der Waals surface area contributed by atoms with Crippen LogP contribution in [0.5, 0.6) is 0 Å². The van der Waals surface area contributed by atoms with Crippen LogP contribution < -0.4 is 15.6 Å². The molecule has 1 saturated carbocycles. The zero-order chi connectivity index (χ0) is 30.2. The van der Waals surface area contributed by atoms with Crippen LogP contribution in [-0.4, -0.2) is 64.0 Å². The van der Waals surface area contributed by atoms with E-state index in [1.54, 1.807) is 35.9 Å². The van der Waals surface area contributed by atoms with Crippen molar-refractivity contribution in [1.29, 1.82) is 0 Å². The zero-order valence-electron chi connectivity index (χ0n) is 24.3. The lowest BCUT2D eigenvalue weighted by molar-refractivity contribution is 0.221. The molecule has 42 heavy (non-hydrogen) atoms. The predicted molar refractivity (Wildman–Crippen MR) is 166 cm³/mol. The fourth-order valence-corrected chi connectivity index (χ4v) is 6.89. The van der Waals surface area contributed by atoms with E-state index >= 15 is 0 Å². The number of rotatable bonds is 8. The van der Waals surface area contributed by atoms with Crippen molar-refractivity contribution in [3.05, 3.63) is 63.7 Å². The highest BCUT2D eigenvalue weighted by Gasteiger charge is 2.24. The smallest absolute Gasteiger partial charge is 0.279 e. The number of fused-ring (bicyclic) bond motifs is 1. The monoisotopic (exact) mass is 610 g/mol. The molecule has 13 heteroatoms. The summed E-state index contributed by atoms with van der Waals surface area (Å²) in [5, 5.41) is 3.56. The van der Waals surface area contributed by atoms with Gasteiger partial charge in [0.15, 0.2) is 5.65 Å². The van der Waals surface area contributed by atoms with E-state index in [0.29, 0.717) is 34.4 Å². The van der Waals surface area contributed by atoms with Crippen molar-refractivity contribution in [1.82, 2.24) is 29.4 Å². The van der Waals surface area contributed by atoms with Gasteiger partial charge in [-0.25, -0.2) is 23.4 Å². The third kappa shape index (κ3) is 6.11. The van der Waals surface area contributed by atoms with Crippen molar-refractivity contribution in [2.24, 2.45) is 0 Å². The third-order valence-electron chi connectivity index (χ3n) is 7.61. The molecule has 0 atom stereocenters. The van der Waals surface area contributed by atoms with Gasteiger partial charge in [0.25, 0.3) is 15.6 Å². The summed E-state index contributed by atoms with van der Waals surface area (Å²) >= 11 is 6.09. The molecule has 222 valence electrons. The van der Waals surface area contributed by atoms with Crippen LogP contribution in [0.4, 0.5) is 11.8 Å². The summed E-state index contributed by atoms with van der Waals surface area (Å²) in [5.74, 6) is 0.576. The highest BCUT2D eigenvalue weighted by Crippen LogP contribution is 2.27. The van der Waals surface area contributed by atoms with Crippen LogP contribution in [0.1, 0.15) is 51.3 Å². The molecule has 3 heterocycles. The number of nitrogens with one attached hydrogen (secondary N) is 2. The van der Waals surface area contributed by atoms with Gasteiger partial charge < -0.3 is 10.2 Å². The summed E-state index contributed by atoms with van der Waals surface area (Å²) in [7, 11) is 0.271. The molecule has 0 bridgehead atoms. The van der Waals surface area contributed by atoms with Crippen molar-refractivity contribution in [2.45, 2.75) is 69.5 Å². The van der Waals surface area contributed by atoms with Crippen molar-refractivity contribution in [2.75, 3.05) is 24.1 Å². The van der Waals surface area contributed by atoms with Gasteiger partial charge in [-0.15, -0.1) is 0 Å². The molecule has 1 fully saturated rings. The maximum atomic E-state index is 13.8. The second-order valence-corrected chi connectivity index (χ2v) is 13.2. The minimum absolute atomic E-state index is 0.0543. The van der Waals surface area contributed by atoms with Crippen molar-refractivity contribution in [3.8, 4) is 11.3 Å². The van der Waals surface area contributed by atoms with Gasteiger partial charge in [-0.2, -0.15) is 4.98 Å². The predicted octanol–water partition coefficient (Wildman–Crippen LogP) is 4.88. The van der Waals surface area contributed by atoms with Gasteiger partial charge in [-0.05, 0) is 84.8 Å². The van der Waals surface area contributed by atoms with E-state index in [9.17, 15) is 13.2 Å². The van der Waals surface area contributed by atoms with Gasteiger partial charge in [0.05, 0.1) is 11.2 Å². The van der Waals surface area contributed by atoms with Crippen LogP contribution in [0, 0.1) is 6.92 Å². The number of sulfonamides is 1. The van der Waals surface area contributed by atoms with Gasteiger partial charge in [0, 0.05) is 29.4 Å². The van der Waals surface area contributed by atoms with Gasteiger partial charge in [0.1, 0.15) is 21.9 Å². The largest absolute Gasteiger partial charge is 0.351 e. The number of nitrogens with zero attached hydrogens (tertiary/aromatic N) is 6. The summed E-state index contributed by atoms with van der Waals surface area (Å²) in [4.78, 5) is 34.3. The molecule has 2 N–H and O–H groups in total. The fourth-order valence-electron chi connectivity index (χ4n) is 5.37. The van der Waals surface area contributed by atoms with E-state index in [2.05, 4.69) is 44.0 Å². The number of benzene rings is 1.